The number of nitrogens with one attached hydrogen (secondary N) is 1. The molecule has 0 radical (unpaired) electrons. The monoisotopic (exact) mass is 295 g/mol. The van der Waals surface area contributed by atoms with Crippen molar-refractivity contribution < 1.29 is 21.8 Å². The molecule has 0 saturated heterocycles. The summed E-state index contributed by atoms with van der Waals surface area (Å²) in [5, 5.41) is 2.73. The second-order valence-electron chi connectivity index (χ2n) is 6.11. The minimum atomic E-state index is -4.51. The molecule has 112 valence electrons. The summed E-state index contributed by atoms with van der Waals surface area (Å²) < 4.78 is 39.1. The highest BCUT2D eigenvalue weighted by Crippen LogP contribution is 2.33. The quantitative estimate of drug-likeness (QED) is 0.809. The second-order valence-corrected chi connectivity index (χ2v) is 7.59. The molecule has 0 aromatic rings. The Morgan fingerprint density at radius 2 is 1.84 bits per heavy atom. The van der Waals surface area contributed by atoms with Crippen LogP contribution < -0.4 is 5.32 Å². The van der Waals surface area contributed by atoms with Crippen LogP contribution in [0, 0.1) is 0 Å². The van der Waals surface area contributed by atoms with Gasteiger partial charge < -0.3 is 10.1 Å². The van der Waals surface area contributed by atoms with Crippen molar-refractivity contribution in [1.82, 2.24) is 5.32 Å². The first kappa shape index (κ1) is 16.2. The van der Waals surface area contributed by atoms with Crippen molar-refractivity contribution in [1.29, 1.82) is 0 Å². The smallest absolute Gasteiger partial charge is 0.408 e. The van der Waals surface area contributed by atoms with Gasteiger partial charge in [-0.3, -0.25) is 0 Å². The summed E-state index contributed by atoms with van der Waals surface area (Å²) in [6, 6.07) is 0. The average molecular weight is 295 g/mol. The standard InChI is InChI=1S/C12H22FNO4S/c1-11(2,3)18-10(15)14-12(6-4-5-7-12)8-9-19(13,16)17/h4-9H2,1-3H3,(H,14,15). The Kier molecular flexibility index (Phi) is 4.81. The van der Waals surface area contributed by atoms with Gasteiger partial charge in [0.25, 0.3) is 0 Å². The van der Waals surface area contributed by atoms with Crippen molar-refractivity contribution >= 4 is 16.3 Å². The van der Waals surface area contributed by atoms with Crippen LogP contribution in [0.15, 0.2) is 0 Å². The van der Waals surface area contributed by atoms with Crippen molar-refractivity contribution in [3.8, 4) is 0 Å². The SMILES string of the molecule is CC(C)(C)OC(=O)NC1(CCS(=O)(=O)F)CCCC1. The molecule has 0 aromatic heterocycles. The van der Waals surface area contributed by atoms with Gasteiger partial charge in [-0.25, -0.2) is 4.79 Å². The molecule has 0 aliphatic heterocycles. The Labute approximate surface area is 114 Å². The average Bonchev–Trinajstić information content (AvgIpc) is 2.60. The van der Waals surface area contributed by atoms with E-state index < -0.39 is 33.2 Å². The van der Waals surface area contributed by atoms with Gasteiger partial charge in [-0.2, -0.15) is 8.42 Å². The Balaban J connectivity index is 2.64. The van der Waals surface area contributed by atoms with E-state index in [-0.39, 0.29) is 6.42 Å². The molecule has 7 heteroatoms. The largest absolute Gasteiger partial charge is 0.444 e. The number of halogens is 1. The first-order valence-electron chi connectivity index (χ1n) is 6.45. The fourth-order valence-corrected chi connectivity index (χ4v) is 2.96. The summed E-state index contributed by atoms with van der Waals surface area (Å²) >= 11 is 0. The number of hydrogen-bond donors (Lipinski definition) is 1. The molecule has 1 rings (SSSR count). The Morgan fingerprint density at radius 1 is 1.32 bits per heavy atom. The van der Waals surface area contributed by atoms with E-state index in [1.165, 1.54) is 0 Å². The van der Waals surface area contributed by atoms with Crippen molar-refractivity contribution in [3.63, 3.8) is 0 Å². The molecule has 1 amide bonds. The third-order valence-electron chi connectivity index (χ3n) is 3.15. The van der Waals surface area contributed by atoms with Crippen molar-refractivity contribution in [2.75, 3.05) is 5.75 Å². The molecule has 1 saturated carbocycles. The number of rotatable bonds is 4. The van der Waals surface area contributed by atoms with Crippen LogP contribution in [-0.4, -0.2) is 31.4 Å². The summed E-state index contributed by atoms with van der Waals surface area (Å²) in [6.07, 6.45) is 2.60. The fraction of sp³-hybridized carbons (Fsp3) is 0.917. The Hall–Kier alpha value is -0.850. The first-order chi connectivity index (χ1) is 8.52. The zero-order valence-corrected chi connectivity index (χ0v) is 12.5. The van der Waals surface area contributed by atoms with Crippen molar-refractivity contribution in [3.05, 3.63) is 0 Å². The number of carbonyl (C=O) groups is 1. The summed E-state index contributed by atoms with van der Waals surface area (Å²) in [5.41, 5.74) is -1.27. The van der Waals surface area contributed by atoms with Gasteiger partial charge in [0.05, 0.1) is 5.75 Å². The van der Waals surface area contributed by atoms with Gasteiger partial charge in [0.1, 0.15) is 5.60 Å². The van der Waals surface area contributed by atoms with Crippen LogP contribution in [0.4, 0.5) is 8.68 Å². The second kappa shape index (κ2) is 5.64. The fourth-order valence-electron chi connectivity index (χ4n) is 2.33. The van der Waals surface area contributed by atoms with E-state index in [2.05, 4.69) is 5.32 Å². The molecule has 0 atom stereocenters. The Morgan fingerprint density at radius 3 is 2.26 bits per heavy atom. The van der Waals surface area contributed by atoms with Crippen LogP contribution in [-0.2, 0) is 15.0 Å². The minimum absolute atomic E-state index is 0.0884. The van der Waals surface area contributed by atoms with Gasteiger partial charge in [0, 0.05) is 5.54 Å². The molecule has 1 fully saturated rings. The molecule has 0 heterocycles. The van der Waals surface area contributed by atoms with Crippen LogP contribution in [0.1, 0.15) is 52.9 Å². The molecule has 1 aliphatic rings. The maximum atomic E-state index is 12.6. The number of ether oxygens (including phenoxy) is 1. The number of amides is 1. The van der Waals surface area contributed by atoms with E-state index >= 15 is 0 Å². The molecule has 1 aliphatic carbocycles. The molecular weight excluding hydrogens is 273 g/mol. The summed E-state index contributed by atoms with van der Waals surface area (Å²) in [5.74, 6) is -0.567. The maximum Gasteiger partial charge on any atom is 0.408 e. The van der Waals surface area contributed by atoms with Crippen molar-refractivity contribution in [2.45, 2.75) is 64.0 Å². The van der Waals surface area contributed by atoms with E-state index in [9.17, 15) is 17.1 Å². The number of carbonyl (C=O) groups excluding carboxylic acids is 1. The molecule has 0 aromatic carbocycles. The van der Waals surface area contributed by atoms with Gasteiger partial charge >= 0.3 is 16.3 Å². The summed E-state index contributed by atoms with van der Waals surface area (Å²) in [4.78, 5) is 11.8. The van der Waals surface area contributed by atoms with E-state index in [1.54, 1.807) is 20.8 Å². The van der Waals surface area contributed by atoms with Gasteiger partial charge in [-0.05, 0) is 40.0 Å². The molecule has 0 unspecified atom stereocenters. The first-order valence-corrected chi connectivity index (χ1v) is 8.00. The highest BCUT2D eigenvalue weighted by atomic mass is 32.3. The number of alkyl carbamates (subject to hydrolysis) is 1. The van der Waals surface area contributed by atoms with Crippen LogP contribution in [0.3, 0.4) is 0 Å². The molecule has 5 nitrogen and oxygen atoms in total. The Bertz CT molecular complexity index is 422. The normalized spacial score (nSPS) is 19.2. The highest BCUT2D eigenvalue weighted by Gasteiger charge is 2.37. The zero-order valence-electron chi connectivity index (χ0n) is 11.7. The van der Waals surface area contributed by atoms with Gasteiger partial charge in [0.15, 0.2) is 0 Å². The topological polar surface area (TPSA) is 72.5 Å². The lowest BCUT2D eigenvalue weighted by molar-refractivity contribution is 0.0453. The predicted molar refractivity (Wildman–Crippen MR) is 70.1 cm³/mol. The lowest BCUT2D eigenvalue weighted by Crippen LogP contribution is -2.49. The van der Waals surface area contributed by atoms with Gasteiger partial charge in [-0.1, -0.05) is 12.8 Å². The lowest BCUT2D eigenvalue weighted by atomic mass is 9.94. The highest BCUT2D eigenvalue weighted by molar-refractivity contribution is 7.86. The third-order valence-corrected chi connectivity index (χ3v) is 3.84. The van der Waals surface area contributed by atoms with Crippen LogP contribution in [0.2, 0.25) is 0 Å². The molecule has 1 N–H and O–H groups in total. The summed E-state index contributed by atoms with van der Waals surface area (Å²) in [6.45, 7) is 5.25. The van der Waals surface area contributed by atoms with Crippen LogP contribution in [0.25, 0.3) is 0 Å². The van der Waals surface area contributed by atoms with E-state index in [0.717, 1.165) is 12.8 Å². The molecule has 0 bridgehead atoms. The van der Waals surface area contributed by atoms with E-state index in [4.69, 9.17) is 4.74 Å². The third kappa shape index (κ3) is 6.22. The zero-order chi connectivity index (χ0) is 14.7. The van der Waals surface area contributed by atoms with E-state index in [1.807, 2.05) is 0 Å². The molecule has 0 spiro atoms. The van der Waals surface area contributed by atoms with Gasteiger partial charge in [-0.15, -0.1) is 3.89 Å². The number of hydrogen-bond acceptors (Lipinski definition) is 4. The lowest BCUT2D eigenvalue weighted by Gasteiger charge is -2.31. The maximum absolute atomic E-state index is 12.6. The van der Waals surface area contributed by atoms with Crippen molar-refractivity contribution in [2.24, 2.45) is 0 Å². The predicted octanol–water partition coefficient (Wildman–Crippen LogP) is 2.51. The van der Waals surface area contributed by atoms with E-state index in [0.29, 0.717) is 12.8 Å². The summed E-state index contributed by atoms with van der Waals surface area (Å²) in [7, 11) is -4.51. The molecule has 19 heavy (non-hydrogen) atoms. The molecular formula is C12H22FNO4S. The van der Waals surface area contributed by atoms with Crippen LogP contribution >= 0.6 is 0 Å². The minimum Gasteiger partial charge on any atom is -0.444 e. The van der Waals surface area contributed by atoms with Gasteiger partial charge in [0.2, 0.25) is 0 Å². The van der Waals surface area contributed by atoms with Crippen LogP contribution in [0.5, 0.6) is 0 Å².